The van der Waals surface area contributed by atoms with Crippen molar-refractivity contribution in [1.82, 2.24) is 40.1 Å². The highest BCUT2D eigenvalue weighted by atomic mass is 35.5. The highest BCUT2D eigenvalue weighted by Gasteiger charge is 2.31. The number of aromatic amines is 4. The van der Waals surface area contributed by atoms with Crippen LogP contribution in [0.4, 0.5) is 11.9 Å². The van der Waals surface area contributed by atoms with Crippen molar-refractivity contribution >= 4 is 46.4 Å². The lowest BCUT2D eigenvalue weighted by Crippen LogP contribution is -2.21. The number of hydrogen-bond acceptors (Lipinski definition) is 12. The summed E-state index contributed by atoms with van der Waals surface area (Å²) in [5.41, 5.74) is 13.2. The Balaban J connectivity index is 0.000000341. The van der Waals surface area contributed by atoms with Crippen LogP contribution in [0.5, 0.6) is 0 Å². The Labute approximate surface area is 246 Å². The van der Waals surface area contributed by atoms with Gasteiger partial charge in [0.15, 0.2) is 0 Å². The summed E-state index contributed by atoms with van der Waals surface area (Å²) in [6.45, 7) is 3.09. The molecule has 4 aromatic rings. The highest BCUT2D eigenvalue weighted by Crippen LogP contribution is 2.21. The summed E-state index contributed by atoms with van der Waals surface area (Å²) in [4.78, 5) is 43.3. The second kappa shape index (κ2) is 16.2. The largest absolute Gasteiger partial charge is 0.412 e. The molecule has 4 aromatic heterocycles. The summed E-state index contributed by atoms with van der Waals surface area (Å²) in [7, 11) is 0. The van der Waals surface area contributed by atoms with E-state index >= 15 is 0 Å². The van der Waals surface area contributed by atoms with Crippen LogP contribution < -0.4 is 27.9 Å². The molecule has 0 radical (unpaired) electrons. The molecule has 2 aliphatic heterocycles. The third kappa shape index (κ3) is 8.49. The Morgan fingerprint density at radius 1 is 0.905 bits per heavy atom. The standard InChI is InChI=1S/C12H17N5O3.C6H6N4O.C5H11NO2.CH4.ClH.H2O/c13-12-15-9-6(1-14-10(9)11(20)16-12)2-17-3-7(5-18)8(19)4-17;7-6-9-3-1-2-8-4(3)5(11)10-6;7-3-4-1-6-2-5(4)8;;;/h1,7-8,14,18-19H,2-5H2,(H3,13,15,16,20);1-2,8H,(H3,7,9,10,11);4-8H,1-3H2;1H4;1H;1H2/t7-,8?;;4-,5?;;;/m1.1.../s1. The van der Waals surface area contributed by atoms with Crippen molar-refractivity contribution in [2.45, 2.75) is 26.2 Å². The second-order valence-electron chi connectivity index (χ2n) is 9.55. The molecule has 0 bridgehead atoms. The highest BCUT2D eigenvalue weighted by molar-refractivity contribution is 5.85. The number of nitrogens with two attached hydrogens (primary N) is 2. The molecule has 236 valence electrons. The number of halogens is 1. The SMILES string of the molecule is C.Cl.Nc1nc2c(CN3CC(O)[C@@H](CO)C3)c[nH]c2c(=O)[nH]1.Nc1nc2cc[nH]c2c(=O)[nH]1.O.OC[C@H]1CNCC1O. The van der Waals surface area contributed by atoms with Gasteiger partial charge in [0.2, 0.25) is 11.9 Å². The predicted molar refractivity (Wildman–Crippen MR) is 161 cm³/mol. The zero-order valence-corrected chi connectivity index (χ0v) is 22.8. The van der Waals surface area contributed by atoms with Gasteiger partial charge in [0.1, 0.15) is 16.6 Å². The smallest absolute Gasteiger partial charge is 0.276 e. The van der Waals surface area contributed by atoms with Crippen molar-refractivity contribution in [1.29, 1.82) is 0 Å². The molecule has 6 rings (SSSR count). The monoisotopic (exact) mass is 616 g/mol. The maximum Gasteiger partial charge on any atom is 0.276 e. The van der Waals surface area contributed by atoms with Gasteiger partial charge in [0.25, 0.3) is 11.1 Å². The van der Waals surface area contributed by atoms with Crippen molar-refractivity contribution in [3.05, 3.63) is 44.7 Å². The van der Waals surface area contributed by atoms with Crippen LogP contribution in [0.3, 0.4) is 0 Å². The fraction of sp³-hybridized carbons (Fsp3) is 0.500. The third-order valence-corrected chi connectivity index (χ3v) is 6.72. The molecule has 0 spiro atoms. The fourth-order valence-electron chi connectivity index (χ4n) is 4.57. The van der Waals surface area contributed by atoms with Crippen molar-refractivity contribution in [2.24, 2.45) is 11.8 Å². The molecule has 2 unspecified atom stereocenters. The van der Waals surface area contributed by atoms with Gasteiger partial charge in [0.05, 0.1) is 17.7 Å². The minimum absolute atomic E-state index is 0. The van der Waals surface area contributed by atoms with Gasteiger partial charge >= 0.3 is 0 Å². The molecule has 2 aliphatic rings. The summed E-state index contributed by atoms with van der Waals surface area (Å²) in [5.74, 6) is 0.164. The maximum atomic E-state index is 11.7. The number of likely N-dealkylation sites (tertiary alicyclic amines) is 1. The molecule has 15 N–H and O–H groups in total. The van der Waals surface area contributed by atoms with E-state index in [1.165, 1.54) is 0 Å². The normalized spacial score (nSPS) is 21.3. The number of rotatable bonds is 4. The lowest BCUT2D eigenvalue weighted by molar-refractivity contribution is 0.103. The van der Waals surface area contributed by atoms with Gasteiger partial charge in [-0.05, 0) is 6.07 Å². The van der Waals surface area contributed by atoms with E-state index < -0.39 is 6.10 Å². The molecule has 2 saturated heterocycles. The van der Waals surface area contributed by atoms with Gasteiger partial charge in [-0.3, -0.25) is 24.5 Å². The maximum absolute atomic E-state index is 11.7. The van der Waals surface area contributed by atoms with Gasteiger partial charge in [-0.25, -0.2) is 9.97 Å². The average molecular weight is 617 g/mol. The van der Waals surface area contributed by atoms with Crippen LogP contribution in [0.25, 0.3) is 22.1 Å². The Kier molecular flexibility index (Phi) is 14.1. The van der Waals surface area contributed by atoms with Crippen molar-refractivity contribution < 1.29 is 25.9 Å². The number of fused-ring (bicyclic) bond motifs is 2. The molecule has 2 fully saturated rings. The van der Waals surface area contributed by atoms with Crippen LogP contribution in [-0.4, -0.2) is 112 Å². The van der Waals surface area contributed by atoms with E-state index in [1.807, 2.05) is 4.90 Å². The summed E-state index contributed by atoms with van der Waals surface area (Å²) < 4.78 is 0. The Morgan fingerprint density at radius 2 is 1.55 bits per heavy atom. The number of hydrogen-bond donors (Lipinski definition) is 11. The summed E-state index contributed by atoms with van der Waals surface area (Å²) in [6.07, 6.45) is 2.52. The van der Waals surface area contributed by atoms with E-state index in [2.05, 4.69) is 35.2 Å². The lowest BCUT2D eigenvalue weighted by atomic mass is 10.1. The first-order chi connectivity index (χ1) is 18.7. The molecular weight excluding hydrogens is 576 g/mol. The Morgan fingerprint density at radius 3 is 2.12 bits per heavy atom. The van der Waals surface area contributed by atoms with E-state index in [4.69, 9.17) is 26.8 Å². The zero-order chi connectivity index (χ0) is 28.1. The molecule has 18 heteroatoms. The van der Waals surface area contributed by atoms with Crippen molar-refractivity contribution in [3.8, 4) is 0 Å². The van der Waals surface area contributed by atoms with Crippen molar-refractivity contribution in [3.63, 3.8) is 0 Å². The summed E-state index contributed by atoms with van der Waals surface area (Å²) >= 11 is 0. The molecule has 17 nitrogen and oxygen atoms in total. The number of β-amino-alcohol motifs (C(OH)–C–C–N with tert-alkyl or cyclic N) is 2. The van der Waals surface area contributed by atoms with E-state index in [1.54, 1.807) is 18.5 Å². The second-order valence-corrected chi connectivity index (χ2v) is 9.55. The Bertz CT molecular complexity index is 1510. The number of aromatic nitrogens is 6. The molecule has 0 aliphatic carbocycles. The average Bonchev–Trinajstić information content (AvgIpc) is 3.68. The third-order valence-electron chi connectivity index (χ3n) is 6.72. The molecule has 42 heavy (non-hydrogen) atoms. The predicted octanol–water partition coefficient (Wildman–Crippen LogP) is -2.76. The number of aliphatic hydroxyl groups excluding tert-OH is 4. The minimum atomic E-state index is -0.522. The molecular formula is C24H41ClN10O7. The van der Waals surface area contributed by atoms with Gasteiger partial charge in [-0.1, -0.05) is 7.43 Å². The molecule has 0 saturated carbocycles. The van der Waals surface area contributed by atoms with Gasteiger partial charge in [0, 0.05) is 75.7 Å². The minimum Gasteiger partial charge on any atom is -0.412 e. The van der Waals surface area contributed by atoms with Crippen LogP contribution in [0.15, 0.2) is 28.0 Å². The van der Waals surface area contributed by atoms with Gasteiger partial charge in [-0.2, -0.15) is 0 Å². The summed E-state index contributed by atoms with van der Waals surface area (Å²) in [6, 6.07) is 1.70. The van der Waals surface area contributed by atoms with E-state index in [-0.39, 0.29) is 79.5 Å². The van der Waals surface area contributed by atoms with Gasteiger partial charge < -0.3 is 52.7 Å². The fourth-order valence-corrected chi connectivity index (χ4v) is 4.57. The number of nitrogen functional groups attached to an aromatic ring is 2. The number of aliphatic hydroxyl groups is 4. The van der Waals surface area contributed by atoms with Crippen LogP contribution >= 0.6 is 12.4 Å². The van der Waals surface area contributed by atoms with E-state index in [9.17, 15) is 14.7 Å². The first-order valence-electron chi connectivity index (χ1n) is 12.4. The first kappa shape index (κ1) is 36.5. The van der Waals surface area contributed by atoms with E-state index in [0.717, 1.165) is 12.1 Å². The molecule has 0 aromatic carbocycles. The topological polar surface area (TPSA) is 303 Å². The van der Waals surface area contributed by atoms with Gasteiger partial charge in [-0.15, -0.1) is 12.4 Å². The number of nitrogens with zero attached hydrogens (tertiary/aromatic N) is 3. The van der Waals surface area contributed by atoms with Crippen LogP contribution in [-0.2, 0) is 6.54 Å². The zero-order valence-electron chi connectivity index (χ0n) is 22.0. The van der Waals surface area contributed by atoms with Crippen LogP contribution in [0, 0.1) is 11.8 Å². The first-order valence-corrected chi connectivity index (χ1v) is 12.4. The Hall–Kier alpha value is -3.55. The van der Waals surface area contributed by atoms with Crippen LogP contribution in [0.2, 0.25) is 0 Å². The van der Waals surface area contributed by atoms with Crippen molar-refractivity contribution in [2.75, 3.05) is 50.9 Å². The molecule has 4 atom stereocenters. The van der Waals surface area contributed by atoms with E-state index in [0.29, 0.717) is 48.2 Å². The lowest BCUT2D eigenvalue weighted by Gasteiger charge is -2.14. The molecule has 6 heterocycles. The number of nitrogens with one attached hydrogen (secondary N) is 5. The quantitative estimate of drug-likeness (QED) is 0.111. The molecule has 0 amide bonds. The number of anilines is 2. The number of H-pyrrole nitrogens is 4. The van der Waals surface area contributed by atoms with Crippen LogP contribution in [0.1, 0.15) is 13.0 Å². The summed E-state index contributed by atoms with van der Waals surface area (Å²) in [5, 5.41) is 39.4.